The van der Waals surface area contributed by atoms with E-state index in [1.165, 1.54) is 79.3 Å². The second-order valence-electron chi connectivity index (χ2n) is 10.5. The standard InChI is InChI=1S/C30H39ClN4O/c31-21-14-15-24-28(20-21)34-27-11-6-5-10-23(27)30(24)33-19-8-4-2-1-3-7-18-32-25-12-9-13-26-22(25)16-17-29(36)35-26/h14-17,20,25,32H,1-13,18-19H2,(H,33,34)(H,35,36)/t25-/m1/s1. The van der Waals surface area contributed by atoms with Gasteiger partial charge in [-0.3, -0.25) is 9.78 Å². The monoisotopic (exact) mass is 506 g/mol. The van der Waals surface area contributed by atoms with Gasteiger partial charge in [0, 0.05) is 46.1 Å². The van der Waals surface area contributed by atoms with Crippen molar-refractivity contribution in [2.45, 2.75) is 89.5 Å². The molecule has 1 aromatic carbocycles. The molecule has 6 heteroatoms. The van der Waals surface area contributed by atoms with E-state index in [2.05, 4.69) is 21.7 Å². The van der Waals surface area contributed by atoms with Crippen molar-refractivity contribution in [3.8, 4) is 0 Å². The van der Waals surface area contributed by atoms with Crippen LogP contribution in [-0.2, 0) is 19.3 Å². The van der Waals surface area contributed by atoms with Crippen LogP contribution in [0, 0.1) is 0 Å². The lowest BCUT2D eigenvalue weighted by Crippen LogP contribution is -2.28. The summed E-state index contributed by atoms with van der Waals surface area (Å²) in [7, 11) is 0. The van der Waals surface area contributed by atoms with Gasteiger partial charge >= 0.3 is 0 Å². The molecule has 3 N–H and O–H groups in total. The van der Waals surface area contributed by atoms with Crippen LogP contribution < -0.4 is 16.2 Å². The van der Waals surface area contributed by atoms with Gasteiger partial charge in [0.1, 0.15) is 0 Å². The molecular weight excluding hydrogens is 468 g/mol. The van der Waals surface area contributed by atoms with Crippen LogP contribution in [0.2, 0.25) is 5.02 Å². The minimum atomic E-state index is 0.0167. The van der Waals surface area contributed by atoms with Crippen molar-refractivity contribution in [1.29, 1.82) is 0 Å². The molecule has 5 nitrogen and oxygen atoms in total. The molecule has 2 aliphatic rings. The van der Waals surface area contributed by atoms with Crippen molar-refractivity contribution in [3.05, 3.63) is 68.2 Å². The van der Waals surface area contributed by atoms with Gasteiger partial charge in [-0.1, -0.05) is 43.4 Å². The largest absolute Gasteiger partial charge is 0.384 e. The zero-order valence-electron chi connectivity index (χ0n) is 21.3. The summed E-state index contributed by atoms with van der Waals surface area (Å²) in [4.78, 5) is 19.5. The summed E-state index contributed by atoms with van der Waals surface area (Å²) in [6, 6.07) is 10.2. The van der Waals surface area contributed by atoms with Crippen LogP contribution in [0.25, 0.3) is 10.9 Å². The van der Waals surface area contributed by atoms with Crippen LogP contribution in [0.5, 0.6) is 0 Å². The van der Waals surface area contributed by atoms with Crippen LogP contribution >= 0.6 is 11.6 Å². The average Bonchev–Trinajstić information content (AvgIpc) is 2.88. The Morgan fingerprint density at radius 2 is 1.72 bits per heavy atom. The van der Waals surface area contributed by atoms with Crippen LogP contribution in [0.3, 0.4) is 0 Å². The highest BCUT2D eigenvalue weighted by Gasteiger charge is 2.20. The molecule has 0 amide bonds. The Morgan fingerprint density at radius 3 is 2.61 bits per heavy atom. The molecule has 5 rings (SSSR count). The lowest BCUT2D eigenvalue weighted by molar-refractivity contribution is 0.443. The predicted molar refractivity (Wildman–Crippen MR) is 150 cm³/mol. The average molecular weight is 507 g/mol. The molecule has 2 aliphatic carbocycles. The maximum Gasteiger partial charge on any atom is 0.248 e. The highest BCUT2D eigenvalue weighted by Crippen LogP contribution is 2.34. The fourth-order valence-corrected chi connectivity index (χ4v) is 6.13. The molecule has 0 saturated heterocycles. The number of unbranched alkanes of at least 4 members (excludes halogenated alkanes) is 5. The Hall–Kier alpha value is -2.37. The summed E-state index contributed by atoms with van der Waals surface area (Å²) in [5.74, 6) is 0. The maximum atomic E-state index is 11.6. The number of hydrogen-bond acceptors (Lipinski definition) is 4. The molecule has 0 spiro atoms. The molecule has 192 valence electrons. The van der Waals surface area contributed by atoms with Crippen LogP contribution in [0.15, 0.2) is 35.1 Å². The van der Waals surface area contributed by atoms with Crippen molar-refractivity contribution in [3.63, 3.8) is 0 Å². The van der Waals surface area contributed by atoms with E-state index in [1.807, 2.05) is 18.2 Å². The first kappa shape index (κ1) is 25.3. The summed E-state index contributed by atoms with van der Waals surface area (Å²) >= 11 is 6.25. The number of pyridine rings is 2. The molecule has 0 bridgehead atoms. The van der Waals surface area contributed by atoms with Crippen molar-refractivity contribution >= 4 is 28.2 Å². The number of nitrogens with zero attached hydrogens (tertiary/aromatic N) is 1. The van der Waals surface area contributed by atoms with Crippen molar-refractivity contribution in [2.24, 2.45) is 0 Å². The van der Waals surface area contributed by atoms with Gasteiger partial charge < -0.3 is 15.6 Å². The molecule has 0 aliphatic heterocycles. The van der Waals surface area contributed by atoms with E-state index in [0.717, 1.165) is 61.4 Å². The number of anilines is 1. The van der Waals surface area contributed by atoms with Gasteiger partial charge in [-0.25, -0.2) is 0 Å². The van der Waals surface area contributed by atoms with Gasteiger partial charge in [0.2, 0.25) is 5.56 Å². The molecule has 36 heavy (non-hydrogen) atoms. The van der Waals surface area contributed by atoms with E-state index >= 15 is 0 Å². The zero-order chi connectivity index (χ0) is 24.7. The fourth-order valence-electron chi connectivity index (χ4n) is 5.96. The Kier molecular flexibility index (Phi) is 8.60. The SMILES string of the molecule is O=c1ccc2c([nH]1)CCC[C@H]2NCCCCCCCCNc1c2c(nc3cc(Cl)ccc13)CCCC2. The van der Waals surface area contributed by atoms with Crippen LogP contribution in [0.4, 0.5) is 5.69 Å². The Balaban J connectivity index is 1.01. The summed E-state index contributed by atoms with van der Waals surface area (Å²) < 4.78 is 0. The lowest BCUT2D eigenvalue weighted by Gasteiger charge is -2.26. The third kappa shape index (κ3) is 6.12. The number of aromatic amines is 1. The first-order valence-corrected chi connectivity index (χ1v) is 14.4. The first-order chi connectivity index (χ1) is 17.7. The second-order valence-corrected chi connectivity index (χ2v) is 10.9. The second kappa shape index (κ2) is 12.2. The number of hydrogen-bond donors (Lipinski definition) is 3. The third-order valence-corrected chi connectivity index (χ3v) is 8.09. The predicted octanol–water partition coefficient (Wildman–Crippen LogP) is 6.88. The minimum absolute atomic E-state index is 0.0167. The van der Waals surface area contributed by atoms with E-state index in [1.54, 1.807) is 6.07 Å². The molecule has 2 heterocycles. The number of rotatable bonds is 11. The Morgan fingerprint density at radius 1 is 0.917 bits per heavy atom. The summed E-state index contributed by atoms with van der Waals surface area (Å²) in [5, 5.41) is 9.47. The van der Waals surface area contributed by atoms with Crippen molar-refractivity contribution in [1.82, 2.24) is 15.3 Å². The van der Waals surface area contributed by atoms with Gasteiger partial charge in [0.15, 0.2) is 0 Å². The van der Waals surface area contributed by atoms with E-state index in [9.17, 15) is 4.79 Å². The number of H-pyrrole nitrogens is 1. The first-order valence-electron chi connectivity index (χ1n) is 14.0. The summed E-state index contributed by atoms with van der Waals surface area (Å²) in [6.45, 7) is 2.06. The highest BCUT2D eigenvalue weighted by atomic mass is 35.5. The van der Waals surface area contributed by atoms with Gasteiger partial charge in [-0.05, 0) is 93.7 Å². The summed E-state index contributed by atoms with van der Waals surface area (Å²) in [6.07, 6.45) is 15.5. The van der Waals surface area contributed by atoms with Crippen LogP contribution in [0.1, 0.15) is 92.8 Å². The summed E-state index contributed by atoms with van der Waals surface area (Å²) in [5.41, 5.74) is 7.44. The molecule has 0 fully saturated rings. The van der Waals surface area contributed by atoms with E-state index in [4.69, 9.17) is 16.6 Å². The highest BCUT2D eigenvalue weighted by molar-refractivity contribution is 6.31. The molecule has 0 radical (unpaired) electrons. The topological polar surface area (TPSA) is 69.8 Å². The molecule has 2 aromatic heterocycles. The Labute approximate surface area is 219 Å². The molecular formula is C30H39ClN4O. The number of aryl methyl sites for hydroxylation is 2. The van der Waals surface area contributed by atoms with Gasteiger partial charge in [-0.2, -0.15) is 0 Å². The number of benzene rings is 1. The van der Waals surface area contributed by atoms with Gasteiger partial charge in [0.05, 0.1) is 5.52 Å². The quantitative estimate of drug-likeness (QED) is 0.248. The van der Waals surface area contributed by atoms with E-state index in [0.29, 0.717) is 6.04 Å². The van der Waals surface area contributed by atoms with E-state index < -0.39 is 0 Å². The number of fused-ring (bicyclic) bond motifs is 3. The van der Waals surface area contributed by atoms with E-state index in [-0.39, 0.29) is 5.56 Å². The van der Waals surface area contributed by atoms with Gasteiger partial charge in [-0.15, -0.1) is 0 Å². The number of nitrogens with one attached hydrogen (secondary N) is 3. The Bertz CT molecular complexity index is 1240. The smallest absolute Gasteiger partial charge is 0.248 e. The fraction of sp³-hybridized carbons (Fsp3) is 0.533. The van der Waals surface area contributed by atoms with Crippen molar-refractivity contribution in [2.75, 3.05) is 18.4 Å². The maximum absolute atomic E-state index is 11.6. The number of halogens is 1. The zero-order valence-corrected chi connectivity index (χ0v) is 22.1. The molecule has 1 atom stereocenters. The minimum Gasteiger partial charge on any atom is -0.384 e. The molecule has 0 saturated carbocycles. The third-order valence-electron chi connectivity index (χ3n) is 7.85. The van der Waals surface area contributed by atoms with Crippen LogP contribution in [-0.4, -0.2) is 23.1 Å². The molecule has 0 unspecified atom stereocenters. The lowest BCUT2D eigenvalue weighted by atomic mass is 9.91. The number of aromatic nitrogens is 2. The van der Waals surface area contributed by atoms with Crippen molar-refractivity contribution < 1.29 is 0 Å². The van der Waals surface area contributed by atoms with Gasteiger partial charge in [0.25, 0.3) is 0 Å². The molecule has 3 aromatic rings. The normalized spacial score (nSPS) is 17.1.